The van der Waals surface area contributed by atoms with E-state index in [1.54, 1.807) is 12.1 Å². The van der Waals surface area contributed by atoms with Gasteiger partial charge in [-0.1, -0.05) is 28.1 Å². The normalized spacial score (nSPS) is 11.3. The highest BCUT2D eigenvalue weighted by Crippen LogP contribution is 2.21. The number of hydrogen-bond acceptors (Lipinski definition) is 5. The van der Waals surface area contributed by atoms with E-state index in [0.29, 0.717) is 24.9 Å². The van der Waals surface area contributed by atoms with Crippen LogP contribution in [0.2, 0.25) is 0 Å². The van der Waals surface area contributed by atoms with Crippen LogP contribution >= 0.6 is 15.9 Å². The fraction of sp³-hybridized carbons (Fsp3) is 0.222. The zero-order chi connectivity index (χ0) is 18.5. The summed E-state index contributed by atoms with van der Waals surface area (Å²) in [6.45, 7) is -1.88. The summed E-state index contributed by atoms with van der Waals surface area (Å²) in [7, 11) is 1.88. The summed E-state index contributed by atoms with van der Waals surface area (Å²) < 4.78 is 35.7. The quantitative estimate of drug-likeness (QED) is 0.549. The van der Waals surface area contributed by atoms with Crippen molar-refractivity contribution in [3.05, 3.63) is 64.5 Å². The van der Waals surface area contributed by atoms with Crippen molar-refractivity contribution in [2.45, 2.75) is 19.7 Å². The molecule has 136 valence electrons. The average molecular weight is 424 g/mol. The second kappa shape index (κ2) is 8.37. The first-order valence-corrected chi connectivity index (χ1v) is 8.59. The highest BCUT2D eigenvalue weighted by atomic mass is 79.9. The Hall–Kier alpha value is -2.32. The van der Waals surface area contributed by atoms with Gasteiger partial charge in [0.2, 0.25) is 11.8 Å². The summed E-state index contributed by atoms with van der Waals surface area (Å²) in [5.74, 6) is 1.07. The van der Waals surface area contributed by atoms with E-state index in [2.05, 4.69) is 30.9 Å². The van der Waals surface area contributed by atoms with Crippen LogP contribution in [0.1, 0.15) is 11.5 Å². The van der Waals surface area contributed by atoms with E-state index in [1.165, 1.54) is 6.07 Å². The lowest BCUT2D eigenvalue weighted by Crippen LogP contribution is -2.17. The molecule has 8 heteroatoms. The van der Waals surface area contributed by atoms with Gasteiger partial charge in [-0.2, -0.15) is 8.78 Å². The maximum Gasteiger partial charge on any atom is 0.387 e. The summed E-state index contributed by atoms with van der Waals surface area (Å²) in [6, 6.07) is 14.2. The van der Waals surface area contributed by atoms with Gasteiger partial charge in [-0.15, -0.1) is 10.2 Å². The van der Waals surface area contributed by atoms with E-state index < -0.39 is 6.61 Å². The monoisotopic (exact) mass is 423 g/mol. The number of ether oxygens (including phenoxy) is 1. The zero-order valence-corrected chi connectivity index (χ0v) is 15.5. The third-order valence-corrected chi connectivity index (χ3v) is 4.07. The predicted molar refractivity (Wildman–Crippen MR) is 95.7 cm³/mol. The molecule has 0 unspecified atom stereocenters. The van der Waals surface area contributed by atoms with Crippen LogP contribution in [0.15, 0.2) is 57.4 Å². The lowest BCUT2D eigenvalue weighted by atomic mass is 10.2. The molecule has 0 radical (unpaired) electrons. The van der Waals surface area contributed by atoms with Crippen LogP contribution in [0.5, 0.6) is 5.75 Å². The SMILES string of the molecule is CN(Cc1cccc(OC(F)F)c1)Cc1nnc(-c2ccc(Br)cc2)o1. The van der Waals surface area contributed by atoms with Gasteiger partial charge in [0, 0.05) is 16.6 Å². The molecule has 26 heavy (non-hydrogen) atoms. The van der Waals surface area contributed by atoms with Gasteiger partial charge in [0.1, 0.15) is 5.75 Å². The van der Waals surface area contributed by atoms with Crippen molar-refractivity contribution < 1.29 is 17.9 Å². The summed E-state index contributed by atoms with van der Waals surface area (Å²) in [6.07, 6.45) is 0. The van der Waals surface area contributed by atoms with Crippen LogP contribution in [-0.4, -0.2) is 28.8 Å². The van der Waals surface area contributed by atoms with E-state index >= 15 is 0 Å². The van der Waals surface area contributed by atoms with E-state index in [-0.39, 0.29) is 5.75 Å². The fourth-order valence-electron chi connectivity index (χ4n) is 2.45. The smallest absolute Gasteiger partial charge is 0.387 e. The predicted octanol–water partition coefficient (Wildman–Crippen LogP) is 4.73. The van der Waals surface area contributed by atoms with Crippen molar-refractivity contribution in [2.24, 2.45) is 0 Å². The number of nitrogens with zero attached hydrogens (tertiary/aromatic N) is 3. The average Bonchev–Trinajstić information content (AvgIpc) is 3.03. The molecule has 0 aliphatic carbocycles. The second-order valence-corrected chi connectivity index (χ2v) is 6.62. The summed E-state index contributed by atoms with van der Waals surface area (Å²) in [4.78, 5) is 1.94. The number of halogens is 3. The van der Waals surface area contributed by atoms with Gasteiger partial charge < -0.3 is 9.15 Å². The molecule has 1 heterocycles. The highest BCUT2D eigenvalue weighted by Gasteiger charge is 2.12. The Labute approximate surface area is 157 Å². The Balaban J connectivity index is 1.62. The van der Waals surface area contributed by atoms with E-state index in [4.69, 9.17) is 4.42 Å². The first-order chi connectivity index (χ1) is 12.5. The number of rotatable bonds is 7. The maximum atomic E-state index is 12.3. The molecule has 3 aromatic rings. The molecule has 0 aliphatic rings. The lowest BCUT2D eigenvalue weighted by molar-refractivity contribution is -0.0499. The van der Waals surface area contributed by atoms with Crippen LogP contribution in [0.25, 0.3) is 11.5 Å². The Morgan fingerprint density at radius 3 is 2.62 bits per heavy atom. The molecule has 3 rings (SSSR count). The first kappa shape index (κ1) is 18.5. The molecule has 0 fully saturated rings. The van der Waals surface area contributed by atoms with Crippen molar-refractivity contribution in [2.75, 3.05) is 7.05 Å². The zero-order valence-electron chi connectivity index (χ0n) is 13.9. The van der Waals surface area contributed by atoms with Crippen LogP contribution in [0.4, 0.5) is 8.78 Å². The van der Waals surface area contributed by atoms with Crippen molar-refractivity contribution in [1.29, 1.82) is 0 Å². The first-order valence-electron chi connectivity index (χ1n) is 7.80. The Kier molecular flexibility index (Phi) is 5.95. The molecule has 0 spiro atoms. The summed E-state index contributed by atoms with van der Waals surface area (Å²) in [5.41, 5.74) is 1.68. The highest BCUT2D eigenvalue weighted by molar-refractivity contribution is 9.10. The van der Waals surface area contributed by atoms with Gasteiger partial charge in [-0.05, 0) is 49.0 Å². The largest absolute Gasteiger partial charge is 0.435 e. The molecule has 0 bridgehead atoms. The van der Waals surface area contributed by atoms with Crippen LogP contribution in [0, 0.1) is 0 Å². The van der Waals surface area contributed by atoms with Crippen LogP contribution in [-0.2, 0) is 13.1 Å². The molecule has 0 saturated heterocycles. The topological polar surface area (TPSA) is 51.4 Å². The Bertz CT molecular complexity index is 856. The van der Waals surface area contributed by atoms with Gasteiger partial charge in [0.15, 0.2) is 0 Å². The molecule has 2 aromatic carbocycles. The van der Waals surface area contributed by atoms with Gasteiger partial charge in [0.25, 0.3) is 0 Å². The van der Waals surface area contributed by atoms with Crippen LogP contribution in [0.3, 0.4) is 0 Å². The lowest BCUT2D eigenvalue weighted by Gasteiger charge is -2.15. The molecule has 5 nitrogen and oxygen atoms in total. The summed E-state index contributed by atoms with van der Waals surface area (Å²) in [5, 5.41) is 8.12. The number of benzene rings is 2. The molecule has 0 aliphatic heterocycles. The minimum atomic E-state index is -2.83. The number of alkyl halides is 2. The molecular formula is C18H16BrF2N3O2. The van der Waals surface area contributed by atoms with Gasteiger partial charge in [-0.25, -0.2) is 0 Å². The number of hydrogen-bond donors (Lipinski definition) is 0. The molecule has 0 N–H and O–H groups in total. The number of aromatic nitrogens is 2. The molecule has 0 amide bonds. The van der Waals surface area contributed by atoms with Crippen molar-refractivity contribution in [3.63, 3.8) is 0 Å². The molecule has 1 aromatic heterocycles. The Morgan fingerprint density at radius 1 is 1.12 bits per heavy atom. The Morgan fingerprint density at radius 2 is 1.88 bits per heavy atom. The third kappa shape index (κ3) is 5.09. The second-order valence-electron chi connectivity index (χ2n) is 5.71. The molecule has 0 saturated carbocycles. The maximum absolute atomic E-state index is 12.3. The van der Waals surface area contributed by atoms with E-state index in [0.717, 1.165) is 15.6 Å². The van der Waals surface area contributed by atoms with Crippen molar-refractivity contribution >= 4 is 15.9 Å². The fourth-order valence-corrected chi connectivity index (χ4v) is 2.71. The third-order valence-electron chi connectivity index (χ3n) is 3.54. The minimum Gasteiger partial charge on any atom is -0.435 e. The van der Waals surface area contributed by atoms with Crippen molar-refractivity contribution in [3.8, 4) is 17.2 Å². The van der Waals surface area contributed by atoms with E-state index in [9.17, 15) is 8.78 Å². The minimum absolute atomic E-state index is 0.140. The van der Waals surface area contributed by atoms with E-state index in [1.807, 2.05) is 42.3 Å². The standard InChI is InChI=1S/C18H16BrF2N3O2/c1-24(10-12-3-2-4-15(9-12)25-18(20)21)11-16-22-23-17(26-16)13-5-7-14(19)8-6-13/h2-9,18H,10-11H2,1H3. The van der Waals surface area contributed by atoms with Gasteiger partial charge >= 0.3 is 6.61 Å². The molecular weight excluding hydrogens is 408 g/mol. The van der Waals surface area contributed by atoms with Crippen LogP contribution < -0.4 is 4.74 Å². The van der Waals surface area contributed by atoms with Gasteiger partial charge in [0.05, 0.1) is 6.54 Å². The molecule has 0 atom stereocenters. The van der Waals surface area contributed by atoms with Crippen molar-refractivity contribution in [1.82, 2.24) is 15.1 Å². The van der Waals surface area contributed by atoms with Gasteiger partial charge in [-0.3, -0.25) is 4.90 Å². The summed E-state index contributed by atoms with van der Waals surface area (Å²) >= 11 is 3.38.